The summed E-state index contributed by atoms with van der Waals surface area (Å²) in [5.74, 6) is -0.122. The minimum atomic E-state index is -4.57. The Balaban J connectivity index is 1.93. The van der Waals surface area contributed by atoms with Crippen molar-refractivity contribution in [1.82, 2.24) is 5.32 Å². The lowest BCUT2D eigenvalue weighted by Crippen LogP contribution is -2.33. The van der Waals surface area contributed by atoms with Gasteiger partial charge in [-0.3, -0.25) is 9.10 Å². The molecule has 164 valence electrons. The summed E-state index contributed by atoms with van der Waals surface area (Å²) in [6.45, 7) is 2.32. The summed E-state index contributed by atoms with van der Waals surface area (Å²) < 4.78 is 63.9. The number of hydrogen-bond acceptors (Lipinski definition) is 3. The lowest BCUT2D eigenvalue weighted by molar-refractivity contribution is -0.137. The lowest BCUT2D eigenvalue weighted by atomic mass is 10.0. The van der Waals surface area contributed by atoms with Gasteiger partial charge in [-0.2, -0.15) is 13.2 Å². The van der Waals surface area contributed by atoms with Crippen molar-refractivity contribution in [1.29, 1.82) is 0 Å². The molecule has 1 N–H and O–H groups in total. The maximum Gasteiger partial charge on any atom is 0.416 e. The molecule has 0 bridgehead atoms. The van der Waals surface area contributed by atoms with E-state index in [9.17, 15) is 26.4 Å². The molecule has 0 fully saturated rings. The van der Waals surface area contributed by atoms with Gasteiger partial charge in [0.25, 0.3) is 0 Å². The highest BCUT2D eigenvalue weighted by Gasteiger charge is 2.31. The summed E-state index contributed by atoms with van der Waals surface area (Å²) in [4.78, 5) is 12.1. The molecule has 2 rings (SSSR count). The number of nitrogens with zero attached hydrogens (tertiary/aromatic N) is 1. The standard InChI is InChI=1S/C21H25F3N2O3S/c1-16(17-8-4-3-5-9-17)15-25-20(27)12-7-13-26(30(2,28)29)19-11-6-10-18(14-19)21(22,23)24/h3-6,8-11,14,16H,7,12-13,15H2,1-2H3,(H,25,27)/t16-/m1/s1. The Bertz CT molecular complexity index is 947. The van der Waals surface area contributed by atoms with Crippen molar-refractivity contribution >= 4 is 21.6 Å². The third kappa shape index (κ3) is 7.05. The second kappa shape index (κ2) is 9.97. The van der Waals surface area contributed by atoms with Crippen molar-refractivity contribution in [3.05, 3.63) is 65.7 Å². The monoisotopic (exact) mass is 442 g/mol. The molecule has 1 atom stereocenters. The lowest BCUT2D eigenvalue weighted by Gasteiger charge is -2.23. The SMILES string of the molecule is C[C@H](CNC(=O)CCCN(c1cccc(C(F)(F)F)c1)S(C)(=O)=O)c1ccccc1. The molecule has 0 unspecified atom stereocenters. The molecule has 0 aliphatic heterocycles. The fourth-order valence-corrected chi connectivity index (χ4v) is 3.92. The molecular weight excluding hydrogens is 417 g/mol. The Labute approximate surface area is 175 Å². The van der Waals surface area contributed by atoms with Gasteiger partial charge >= 0.3 is 6.18 Å². The van der Waals surface area contributed by atoms with E-state index in [0.29, 0.717) is 6.54 Å². The molecule has 1 amide bonds. The average Bonchev–Trinajstić information content (AvgIpc) is 2.68. The molecule has 0 radical (unpaired) electrons. The number of rotatable bonds is 9. The Morgan fingerprint density at radius 1 is 1.10 bits per heavy atom. The summed E-state index contributed by atoms with van der Waals surface area (Å²) in [5.41, 5.74) is 0.0809. The van der Waals surface area contributed by atoms with Crippen LogP contribution < -0.4 is 9.62 Å². The Kier molecular flexibility index (Phi) is 7.89. The number of halogens is 3. The van der Waals surface area contributed by atoms with Gasteiger partial charge in [-0.25, -0.2) is 8.42 Å². The fraction of sp³-hybridized carbons (Fsp3) is 0.381. The van der Waals surface area contributed by atoms with Crippen LogP contribution in [-0.4, -0.2) is 33.7 Å². The molecule has 2 aromatic carbocycles. The molecule has 0 saturated heterocycles. The third-order valence-corrected chi connectivity index (χ3v) is 5.79. The Hall–Kier alpha value is -2.55. The largest absolute Gasteiger partial charge is 0.416 e. The highest BCUT2D eigenvalue weighted by atomic mass is 32.2. The maximum absolute atomic E-state index is 12.9. The van der Waals surface area contributed by atoms with E-state index in [-0.39, 0.29) is 36.9 Å². The quantitative estimate of drug-likeness (QED) is 0.634. The number of alkyl halides is 3. The van der Waals surface area contributed by atoms with Crippen LogP contribution in [0, 0.1) is 0 Å². The maximum atomic E-state index is 12.9. The summed E-state index contributed by atoms with van der Waals surface area (Å²) in [6.07, 6.45) is -3.41. The summed E-state index contributed by atoms with van der Waals surface area (Å²) in [6, 6.07) is 13.8. The molecule has 30 heavy (non-hydrogen) atoms. The fourth-order valence-electron chi connectivity index (χ4n) is 2.96. The summed E-state index contributed by atoms with van der Waals surface area (Å²) in [5, 5.41) is 2.81. The van der Waals surface area contributed by atoms with Gasteiger partial charge < -0.3 is 5.32 Å². The van der Waals surface area contributed by atoms with E-state index in [4.69, 9.17) is 0 Å². The van der Waals surface area contributed by atoms with E-state index in [2.05, 4.69) is 5.32 Å². The molecule has 0 aromatic heterocycles. The first-order valence-electron chi connectivity index (χ1n) is 9.45. The van der Waals surface area contributed by atoms with Gasteiger partial charge in [-0.1, -0.05) is 43.3 Å². The minimum Gasteiger partial charge on any atom is -0.356 e. The minimum absolute atomic E-state index is 0.0620. The number of amides is 1. The van der Waals surface area contributed by atoms with E-state index in [1.807, 2.05) is 37.3 Å². The first kappa shape index (κ1) is 23.7. The van der Waals surface area contributed by atoms with Crippen LogP contribution >= 0.6 is 0 Å². The molecule has 0 heterocycles. The van der Waals surface area contributed by atoms with E-state index in [1.165, 1.54) is 6.07 Å². The number of anilines is 1. The molecule has 5 nitrogen and oxygen atoms in total. The summed E-state index contributed by atoms with van der Waals surface area (Å²) in [7, 11) is -3.81. The van der Waals surface area contributed by atoms with Crippen LogP contribution in [-0.2, 0) is 21.0 Å². The van der Waals surface area contributed by atoms with Crippen LogP contribution in [0.1, 0.15) is 36.8 Å². The predicted molar refractivity (Wildman–Crippen MR) is 111 cm³/mol. The molecule has 9 heteroatoms. The van der Waals surface area contributed by atoms with Crippen molar-refractivity contribution in [3.8, 4) is 0 Å². The number of benzene rings is 2. The highest BCUT2D eigenvalue weighted by molar-refractivity contribution is 7.92. The van der Waals surface area contributed by atoms with Crippen LogP contribution in [0.5, 0.6) is 0 Å². The zero-order valence-corrected chi connectivity index (χ0v) is 17.6. The molecule has 0 aliphatic rings. The van der Waals surface area contributed by atoms with E-state index in [1.54, 1.807) is 0 Å². The second-order valence-electron chi connectivity index (χ2n) is 7.10. The molecular formula is C21H25F3N2O3S. The van der Waals surface area contributed by atoms with Crippen LogP contribution in [0.3, 0.4) is 0 Å². The second-order valence-corrected chi connectivity index (χ2v) is 9.01. The molecule has 0 saturated carbocycles. The van der Waals surface area contributed by atoms with Gasteiger partial charge in [0.2, 0.25) is 15.9 Å². The van der Waals surface area contributed by atoms with Crippen LogP contribution in [0.15, 0.2) is 54.6 Å². The smallest absolute Gasteiger partial charge is 0.356 e. The normalized spacial score (nSPS) is 13.0. The van der Waals surface area contributed by atoms with Gasteiger partial charge in [0.05, 0.1) is 17.5 Å². The average molecular weight is 443 g/mol. The van der Waals surface area contributed by atoms with Gasteiger partial charge in [0.1, 0.15) is 0 Å². The van der Waals surface area contributed by atoms with E-state index >= 15 is 0 Å². The van der Waals surface area contributed by atoms with E-state index in [0.717, 1.165) is 34.3 Å². The Morgan fingerprint density at radius 3 is 2.37 bits per heavy atom. The van der Waals surface area contributed by atoms with Crippen molar-refractivity contribution in [3.63, 3.8) is 0 Å². The number of hydrogen-bond donors (Lipinski definition) is 1. The van der Waals surface area contributed by atoms with E-state index < -0.39 is 21.8 Å². The van der Waals surface area contributed by atoms with Crippen LogP contribution in [0.25, 0.3) is 0 Å². The van der Waals surface area contributed by atoms with Crippen LogP contribution in [0.4, 0.5) is 18.9 Å². The van der Waals surface area contributed by atoms with Crippen molar-refractivity contribution in [2.45, 2.75) is 31.9 Å². The molecule has 2 aromatic rings. The van der Waals surface area contributed by atoms with Crippen molar-refractivity contribution in [2.75, 3.05) is 23.7 Å². The summed E-state index contributed by atoms with van der Waals surface area (Å²) >= 11 is 0. The first-order valence-corrected chi connectivity index (χ1v) is 11.3. The first-order chi connectivity index (χ1) is 14.0. The van der Waals surface area contributed by atoms with Gasteiger partial charge in [0.15, 0.2) is 0 Å². The number of nitrogens with one attached hydrogen (secondary N) is 1. The van der Waals surface area contributed by atoms with Gasteiger partial charge in [0, 0.05) is 19.5 Å². The predicted octanol–water partition coefficient (Wildman–Crippen LogP) is 4.17. The zero-order chi connectivity index (χ0) is 22.4. The van der Waals surface area contributed by atoms with Crippen molar-refractivity contribution < 1.29 is 26.4 Å². The van der Waals surface area contributed by atoms with Crippen LogP contribution in [0.2, 0.25) is 0 Å². The van der Waals surface area contributed by atoms with Crippen molar-refractivity contribution in [2.24, 2.45) is 0 Å². The van der Waals surface area contributed by atoms with Gasteiger partial charge in [-0.05, 0) is 36.1 Å². The topological polar surface area (TPSA) is 66.5 Å². The molecule has 0 spiro atoms. The number of sulfonamides is 1. The highest BCUT2D eigenvalue weighted by Crippen LogP contribution is 2.32. The molecule has 0 aliphatic carbocycles. The Morgan fingerprint density at radius 2 is 1.77 bits per heavy atom. The van der Waals surface area contributed by atoms with Gasteiger partial charge in [-0.15, -0.1) is 0 Å². The number of carbonyl (C=O) groups is 1. The third-order valence-electron chi connectivity index (χ3n) is 4.60. The zero-order valence-electron chi connectivity index (χ0n) is 16.8. The number of carbonyl (C=O) groups excluding carboxylic acids is 1.